The molecule has 3 saturated heterocycles. The lowest BCUT2D eigenvalue weighted by Crippen LogP contribution is -2.48. The molecule has 0 radical (unpaired) electrons. The Bertz CT molecular complexity index is 725. The molecular formula is C21H28FN3O2. The lowest BCUT2D eigenvalue weighted by Gasteiger charge is -2.32. The molecule has 3 fully saturated rings. The van der Waals surface area contributed by atoms with Gasteiger partial charge in [-0.2, -0.15) is 0 Å². The lowest BCUT2D eigenvalue weighted by molar-refractivity contribution is -0.137. The highest BCUT2D eigenvalue weighted by Gasteiger charge is 2.47. The van der Waals surface area contributed by atoms with E-state index in [-0.39, 0.29) is 41.6 Å². The summed E-state index contributed by atoms with van der Waals surface area (Å²) in [6.45, 7) is 2.03. The second kappa shape index (κ2) is 7.58. The average molecular weight is 373 g/mol. The number of likely N-dealkylation sites (tertiary alicyclic amines) is 2. The van der Waals surface area contributed by atoms with Crippen molar-refractivity contribution in [1.82, 2.24) is 15.1 Å². The first-order valence-electron chi connectivity index (χ1n) is 10.1. The van der Waals surface area contributed by atoms with Crippen LogP contribution in [0, 0.1) is 11.7 Å². The van der Waals surface area contributed by atoms with Gasteiger partial charge in [-0.05, 0) is 37.1 Å². The number of hydrogen-bond donors (Lipinski definition) is 1. The van der Waals surface area contributed by atoms with Crippen LogP contribution in [0.5, 0.6) is 0 Å². The Kier molecular flexibility index (Phi) is 5.17. The van der Waals surface area contributed by atoms with Crippen molar-refractivity contribution in [3.8, 4) is 0 Å². The Labute approximate surface area is 159 Å². The molecule has 4 rings (SSSR count). The minimum absolute atomic E-state index is 0.0431. The van der Waals surface area contributed by atoms with Gasteiger partial charge in [0, 0.05) is 44.6 Å². The number of fused-ring (bicyclic) bond motifs is 1. The number of carbonyl (C=O) groups is 2. The van der Waals surface area contributed by atoms with Gasteiger partial charge >= 0.3 is 0 Å². The molecule has 6 heteroatoms. The zero-order valence-electron chi connectivity index (χ0n) is 15.9. The van der Waals surface area contributed by atoms with Crippen molar-refractivity contribution in [3.63, 3.8) is 0 Å². The molecule has 1 N–H and O–H groups in total. The van der Waals surface area contributed by atoms with E-state index in [4.69, 9.17) is 0 Å². The summed E-state index contributed by atoms with van der Waals surface area (Å²) >= 11 is 0. The summed E-state index contributed by atoms with van der Waals surface area (Å²) in [4.78, 5) is 28.8. The van der Waals surface area contributed by atoms with Gasteiger partial charge in [0.05, 0.1) is 5.92 Å². The van der Waals surface area contributed by atoms with Gasteiger partial charge in [0.25, 0.3) is 0 Å². The summed E-state index contributed by atoms with van der Waals surface area (Å²) in [5, 5.41) is 3.65. The molecule has 0 saturated carbocycles. The Morgan fingerprint density at radius 2 is 2.07 bits per heavy atom. The maximum atomic E-state index is 13.8. The van der Waals surface area contributed by atoms with Gasteiger partial charge in [0.15, 0.2) is 0 Å². The van der Waals surface area contributed by atoms with Crippen molar-refractivity contribution in [2.45, 2.75) is 50.1 Å². The Balaban J connectivity index is 1.61. The molecule has 3 aliphatic heterocycles. The van der Waals surface area contributed by atoms with Crippen LogP contribution in [0.25, 0.3) is 0 Å². The number of carbonyl (C=O) groups excluding carboxylic acids is 2. The molecule has 27 heavy (non-hydrogen) atoms. The molecule has 3 aliphatic rings. The SMILES string of the molecule is CN1C[C@H](C(=O)N2C[C@@H](c3cccc(F)c3)[C@@H]3NCCCCC[C@H]32)CC1=O. The first kappa shape index (κ1) is 18.4. The fourth-order valence-corrected chi connectivity index (χ4v) is 5.03. The molecular weight excluding hydrogens is 345 g/mol. The number of amides is 2. The summed E-state index contributed by atoms with van der Waals surface area (Å²) < 4.78 is 13.8. The molecule has 0 aliphatic carbocycles. The molecule has 2 amide bonds. The van der Waals surface area contributed by atoms with Crippen LogP contribution in [0.3, 0.4) is 0 Å². The number of nitrogens with zero attached hydrogens (tertiary/aromatic N) is 2. The minimum Gasteiger partial charge on any atom is -0.345 e. The van der Waals surface area contributed by atoms with E-state index in [0.29, 0.717) is 19.5 Å². The Hall–Kier alpha value is -1.95. The van der Waals surface area contributed by atoms with E-state index in [1.807, 2.05) is 11.0 Å². The second-order valence-corrected chi connectivity index (χ2v) is 8.22. The molecule has 5 nitrogen and oxygen atoms in total. The molecule has 4 atom stereocenters. The highest BCUT2D eigenvalue weighted by atomic mass is 19.1. The minimum atomic E-state index is -0.250. The van der Waals surface area contributed by atoms with E-state index in [2.05, 4.69) is 5.32 Å². The molecule has 1 aromatic carbocycles. The predicted molar refractivity (Wildman–Crippen MR) is 101 cm³/mol. The molecule has 3 heterocycles. The van der Waals surface area contributed by atoms with Crippen LogP contribution in [0.15, 0.2) is 24.3 Å². The topological polar surface area (TPSA) is 52.7 Å². The number of benzene rings is 1. The molecule has 0 aromatic heterocycles. The van der Waals surface area contributed by atoms with Gasteiger partial charge < -0.3 is 15.1 Å². The summed E-state index contributed by atoms with van der Waals surface area (Å²) in [5.74, 6) is -0.268. The van der Waals surface area contributed by atoms with E-state index in [1.54, 1.807) is 24.1 Å². The third-order valence-corrected chi connectivity index (χ3v) is 6.45. The van der Waals surface area contributed by atoms with Crippen molar-refractivity contribution >= 4 is 11.8 Å². The normalized spacial score (nSPS) is 31.6. The molecule has 0 unspecified atom stereocenters. The largest absolute Gasteiger partial charge is 0.345 e. The lowest BCUT2D eigenvalue weighted by atomic mass is 9.88. The monoisotopic (exact) mass is 373 g/mol. The molecule has 146 valence electrons. The van der Waals surface area contributed by atoms with Gasteiger partial charge in [-0.15, -0.1) is 0 Å². The van der Waals surface area contributed by atoms with Gasteiger partial charge in [-0.3, -0.25) is 9.59 Å². The first-order chi connectivity index (χ1) is 13.0. The standard InChI is InChI=1S/C21H28FN3O2/c1-24-12-15(11-19(24)26)21(27)25-13-17(14-6-5-7-16(22)10-14)20-18(25)8-3-2-4-9-23-20/h5-7,10,15,17-18,20,23H,2-4,8-9,11-13H2,1H3/t15-,17+,18-,20+/m1/s1. The number of hydrogen-bond acceptors (Lipinski definition) is 3. The third kappa shape index (κ3) is 3.59. The Morgan fingerprint density at radius 3 is 2.81 bits per heavy atom. The van der Waals surface area contributed by atoms with Crippen molar-refractivity contribution < 1.29 is 14.0 Å². The predicted octanol–water partition coefficient (Wildman–Crippen LogP) is 2.13. The van der Waals surface area contributed by atoms with Crippen LogP contribution >= 0.6 is 0 Å². The van der Waals surface area contributed by atoms with E-state index >= 15 is 0 Å². The van der Waals surface area contributed by atoms with Gasteiger partial charge in [-0.1, -0.05) is 25.0 Å². The molecule has 0 spiro atoms. The molecule has 1 aromatic rings. The van der Waals surface area contributed by atoms with E-state index in [9.17, 15) is 14.0 Å². The number of nitrogens with one attached hydrogen (secondary N) is 1. The summed E-state index contributed by atoms with van der Waals surface area (Å²) in [6, 6.07) is 7.04. The average Bonchev–Trinajstić information content (AvgIpc) is 3.14. The highest BCUT2D eigenvalue weighted by Crippen LogP contribution is 2.37. The zero-order chi connectivity index (χ0) is 19.0. The van der Waals surface area contributed by atoms with Gasteiger partial charge in [-0.25, -0.2) is 4.39 Å². The first-order valence-corrected chi connectivity index (χ1v) is 10.1. The maximum Gasteiger partial charge on any atom is 0.228 e. The highest BCUT2D eigenvalue weighted by molar-refractivity contribution is 5.89. The fraction of sp³-hybridized carbons (Fsp3) is 0.619. The smallest absolute Gasteiger partial charge is 0.228 e. The quantitative estimate of drug-likeness (QED) is 0.864. The van der Waals surface area contributed by atoms with Crippen LogP contribution in [0.1, 0.15) is 43.6 Å². The third-order valence-electron chi connectivity index (χ3n) is 6.45. The van der Waals surface area contributed by atoms with Crippen molar-refractivity contribution in [2.75, 3.05) is 26.7 Å². The van der Waals surface area contributed by atoms with Gasteiger partial charge in [0.1, 0.15) is 5.82 Å². The van der Waals surface area contributed by atoms with Crippen LogP contribution in [0.4, 0.5) is 4.39 Å². The number of halogens is 1. The van der Waals surface area contributed by atoms with Crippen LogP contribution in [-0.4, -0.2) is 60.4 Å². The van der Waals surface area contributed by atoms with Crippen LogP contribution in [-0.2, 0) is 9.59 Å². The van der Waals surface area contributed by atoms with Crippen LogP contribution in [0.2, 0.25) is 0 Å². The van der Waals surface area contributed by atoms with Gasteiger partial charge in [0.2, 0.25) is 11.8 Å². The Morgan fingerprint density at radius 1 is 1.22 bits per heavy atom. The van der Waals surface area contributed by atoms with Crippen molar-refractivity contribution in [1.29, 1.82) is 0 Å². The molecule has 0 bridgehead atoms. The summed E-state index contributed by atoms with van der Waals surface area (Å²) in [5.41, 5.74) is 0.952. The van der Waals surface area contributed by atoms with Crippen LogP contribution < -0.4 is 5.32 Å². The van der Waals surface area contributed by atoms with Crippen molar-refractivity contribution in [2.24, 2.45) is 5.92 Å². The summed E-state index contributed by atoms with van der Waals surface area (Å²) in [6.07, 6.45) is 4.67. The zero-order valence-corrected chi connectivity index (χ0v) is 15.9. The summed E-state index contributed by atoms with van der Waals surface area (Å²) in [7, 11) is 1.76. The number of rotatable bonds is 2. The maximum absolute atomic E-state index is 13.8. The fourth-order valence-electron chi connectivity index (χ4n) is 5.03. The second-order valence-electron chi connectivity index (χ2n) is 8.22. The van der Waals surface area contributed by atoms with Crippen molar-refractivity contribution in [3.05, 3.63) is 35.6 Å². The van der Waals surface area contributed by atoms with E-state index in [0.717, 1.165) is 37.8 Å². The van der Waals surface area contributed by atoms with E-state index in [1.165, 1.54) is 6.07 Å². The van der Waals surface area contributed by atoms with E-state index < -0.39 is 0 Å².